The smallest absolute Gasteiger partial charge is 0.264 e. The minimum Gasteiger partial charge on any atom is -0.337 e. The average Bonchev–Trinajstić information content (AvgIpc) is 3.18. The highest BCUT2D eigenvalue weighted by Gasteiger charge is 2.29. The van der Waals surface area contributed by atoms with Gasteiger partial charge in [-0.05, 0) is 36.1 Å². The lowest BCUT2D eigenvalue weighted by Gasteiger charge is -2.17. The molecule has 2 aromatic rings. The number of rotatable bonds is 4. The number of halogens is 1. The summed E-state index contributed by atoms with van der Waals surface area (Å²) in [5.41, 5.74) is 3.46. The van der Waals surface area contributed by atoms with E-state index in [1.165, 1.54) is 5.56 Å². The number of carbonyl (C=O) groups is 1. The number of amides is 1. The molecule has 0 bridgehead atoms. The maximum absolute atomic E-state index is 12.9. The van der Waals surface area contributed by atoms with Crippen molar-refractivity contribution in [2.75, 3.05) is 13.1 Å². The molecule has 1 amide bonds. The molecule has 27 heavy (non-hydrogen) atoms. The van der Waals surface area contributed by atoms with Gasteiger partial charge in [-0.2, -0.15) is 5.26 Å². The van der Waals surface area contributed by atoms with Crippen LogP contribution in [0.1, 0.15) is 41.9 Å². The van der Waals surface area contributed by atoms with Gasteiger partial charge in [-0.1, -0.05) is 67.1 Å². The Labute approximate surface area is 165 Å². The zero-order valence-electron chi connectivity index (χ0n) is 15.7. The first-order valence-corrected chi connectivity index (χ1v) is 9.59. The van der Waals surface area contributed by atoms with Crippen LogP contribution in [-0.2, 0) is 4.79 Å². The van der Waals surface area contributed by atoms with Gasteiger partial charge in [-0.3, -0.25) is 4.79 Å². The van der Waals surface area contributed by atoms with Gasteiger partial charge in [0.15, 0.2) is 0 Å². The van der Waals surface area contributed by atoms with Crippen molar-refractivity contribution in [3.8, 4) is 6.07 Å². The van der Waals surface area contributed by atoms with Crippen molar-refractivity contribution in [2.45, 2.75) is 32.1 Å². The van der Waals surface area contributed by atoms with Gasteiger partial charge in [-0.15, -0.1) is 0 Å². The molecule has 0 spiro atoms. The summed E-state index contributed by atoms with van der Waals surface area (Å²) >= 11 is 6.21. The molecule has 0 aliphatic carbocycles. The van der Waals surface area contributed by atoms with Crippen LogP contribution < -0.4 is 0 Å². The quantitative estimate of drug-likeness (QED) is 0.541. The van der Waals surface area contributed by atoms with Crippen LogP contribution in [0.5, 0.6) is 0 Å². The highest BCUT2D eigenvalue weighted by atomic mass is 35.5. The fourth-order valence-electron chi connectivity index (χ4n) is 3.51. The minimum absolute atomic E-state index is 0.0609. The van der Waals surface area contributed by atoms with E-state index in [9.17, 15) is 10.1 Å². The van der Waals surface area contributed by atoms with E-state index in [1.54, 1.807) is 11.0 Å². The van der Waals surface area contributed by atoms with E-state index in [0.29, 0.717) is 24.0 Å². The van der Waals surface area contributed by atoms with Crippen LogP contribution in [0.3, 0.4) is 0 Å². The van der Waals surface area contributed by atoms with Gasteiger partial charge < -0.3 is 4.90 Å². The molecular formula is C23H23ClN2O. The van der Waals surface area contributed by atoms with E-state index in [4.69, 9.17) is 11.6 Å². The lowest BCUT2D eigenvalue weighted by molar-refractivity contribution is -0.125. The molecule has 0 radical (unpaired) electrons. The van der Waals surface area contributed by atoms with E-state index >= 15 is 0 Å². The highest BCUT2D eigenvalue weighted by molar-refractivity contribution is 6.31. The SMILES string of the molecule is Cc1ccc(C(C)/C=C(\C#N)C(=O)N2CCC(c3ccccc3)C2)cc1Cl. The van der Waals surface area contributed by atoms with Crippen molar-refractivity contribution in [3.63, 3.8) is 0 Å². The molecule has 138 valence electrons. The van der Waals surface area contributed by atoms with Gasteiger partial charge in [0.25, 0.3) is 5.91 Å². The molecule has 1 aliphatic heterocycles. The standard InChI is InChI=1S/C23H23ClN2O/c1-16-8-9-19(13-22(16)24)17(2)12-21(14-25)23(27)26-11-10-20(15-26)18-6-4-3-5-7-18/h3-9,12-13,17,20H,10-11,15H2,1-2H3/b21-12+. The number of hydrogen-bond acceptors (Lipinski definition) is 2. The van der Waals surface area contributed by atoms with Crippen molar-refractivity contribution in [1.82, 2.24) is 4.90 Å². The number of likely N-dealkylation sites (tertiary alicyclic amines) is 1. The Hall–Kier alpha value is -2.57. The molecule has 1 saturated heterocycles. The largest absolute Gasteiger partial charge is 0.337 e. The summed E-state index contributed by atoms with van der Waals surface area (Å²) in [4.78, 5) is 14.6. The Bertz CT molecular complexity index is 898. The molecule has 2 aromatic carbocycles. The number of allylic oxidation sites excluding steroid dienone is 1. The third kappa shape index (κ3) is 4.40. The number of nitrogens with zero attached hydrogens (tertiary/aromatic N) is 2. The normalized spacial score (nSPS) is 18.2. The second-order valence-electron chi connectivity index (χ2n) is 7.14. The van der Waals surface area contributed by atoms with Crippen molar-refractivity contribution in [2.24, 2.45) is 0 Å². The molecule has 0 saturated carbocycles. The van der Waals surface area contributed by atoms with Gasteiger partial charge >= 0.3 is 0 Å². The van der Waals surface area contributed by atoms with E-state index in [0.717, 1.165) is 17.5 Å². The molecule has 3 rings (SSSR count). The molecule has 3 nitrogen and oxygen atoms in total. The highest BCUT2D eigenvalue weighted by Crippen LogP contribution is 2.29. The van der Waals surface area contributed by atoms with Crippen LogP contribution in [0.25, 0.3) is 0 Å². The summed E-state index contributed by atoms with van der Waals surface area (Å²) < 4.78 is 0. The van der Waals surface area contributed by atoms with Gasteiger partial charge in [0.05, 0.1) is 0 Å². The maximum atomic E-state index is 12.9. The van der Waals surface area contributed by atoms with Crippen LogP contribution in [0.15, 0.2) is 60.2 Å². The average molecular weight is 379 g/mol. The van der Waals surface area contributed by atoms with Crippen molar-refractivity contribution in [1.29, 1.82) is 5.26 Å². The first-order valence-electron chi connectivity index (χ1n) is 9.21. The molecule has 0 aromatic heterocycles. The fourth-order valence-corrected chi connectivity index (χ4v) is 3.70. The van der Waals surface area contributed by atoms with Crippen LogP contribution in [0.4, 0.5) is 0 Å². The number of nitriles is 1. The van der Waals surface area contributed by atoms with Gasteiger partial charge in [0.1, 0.15) is 11.6 Å². The molecule has 2 atom stereocenters. The first kappa shape index (κ1) is 19.2. The Balaban J connectivity index is 1.73. The monoisotopic (exact) mass is 378 g/mol. The minimum atomic E-state index is -0.180. The molecule has 2 unspecified atom stereocenters. The zero-order chi connectivity index (χ0) is 19.4. The summed E-state index contributed by atoms with van der Waals surface area (Å²) in [7, 11) is 0. The molecule has 4 heteroatoms. The van der Waals surface area contributed by atoms with E-state index in [1.807, 2.05) is 50.2 Å². The Kier molecular flexibility index (Phi) is 5.98. The predicted octanol–water partition coefficient (Wildman–Crippen LogP) is 5.22. The number of aryl methyl sites for hydroxylation is 1. The van der Waals surface area contributed by atoms with Crippen LogP contribution >= 0.6 is 11.6 Å². The second kappa shape index (κ2) is 8.41. The van der Waals surface area contributed by atoms with Crippen molar-refractivity contribution < 1.29 is 4.79 Å². The van der Waals surface area contributed by atoms with E-state index in [2.05, 4.69) is 18.2 Å². The third-order valence-electron chi connectivity index (χ3n) is 5.24. The molecular weight excluding hydrogens is 356 g/mol. The molecule has 1 fully saturated rings. The summed E-state index contributed by atoms with van der Waals surface area (Å²) in [6.07, 6.45) is 2.68. The number of carbonyl (C=O) groups excluding carboxylic acids is 1. The number of benzene rings is 2. The Morgan fingerprint density at radius 1 is 1.30 bits per heavy atom. The van der Waals surface area contributed by atoms with E-state index < -0.39 is 0 Å². The van der Waals surface area contributed by atoms with Crippen LogP contribution in [0.2, 0.25) is 5.02 Å². The lowest BCUT2D eigenvalue weighted by atomic mass is 9.97. The van der Waals surface area contributed by atoms with Crippen molar-refractivity contribution in [3.05, 3.63) is 81.9 Å². The summed E-state index contributed by atoms with van der Waals surface area (Å²) in [6.45, 7) is 5.27. The molecule has 1 heterocycles. The Morgan fingerprint density at radius 3 is 2.70 bits per heavy atom. The van der Waals surface area contributed by atoms with Crippen molar-refractivity contribution >= 4 is 17.5 Å². The topological polar surface area (TPSA) is 44.1 Å². The van der Waals surface area contributed by atoms with Gasteiger partial charge in [-0.25, -0.2) is 0 Å². The van der Waals surface area contributed by atoms with E-state index in [-0.39, 0.29) is 17.4 Å². The lowest BCUT2D eigenvalue weighted by Crippen LogP contribution is -2.29. The third-order valence-corrected chi connectivity index (χ3v) is 5.64. The van der Waals surface area contributed by atoms with Crippen LogP contribution in [-0.4, -0.2) is 23.9 Å². The summed E-state index contributed by atoms with van der Waals surface area (Å²) in [5.74, 6) is 0.0960. The maximum Gasteiger partial charge on any atom is 0.264 e. The first-order chi connectivity index (χ1) is 13.0. The second-order valence-corrected chi connectivity index (χ2v) is 7.54. The number of hydrogen-bond donors (Lipinski definition) is 0. The molecule has 1 aliphatic rings. The van der Waals surface area contributed by atoms with Gasteiger partial charge in [0, 0.05) is 29.9 Å². The fraction of sp³-hybridized carbons (Fsp3) is 0.304. The summed E-state index contributed by atoms with van der Waals surface area (Å²) in [6, 6.07) is 18.2. The zero-order valence-corrected chi connectivity index (χ0v) is 16.4. The van der Waals surface area contributed by atoms with Crippen LogP contribution in [0, 0.1) is 18.3 Å². The predicted molar refractivity (Wildman–Crippen MR) is 109 cm³/mol. The molecule has 0 N–H and O–H groups in total. The summed E-state index contributed by atoms with van der Waals surface area (Å²) in [5, 5.41) is 10.2. The van der Waals surface area contributed by atoms with Gasteiger partial charge in [0.2, 0.25) is 0 Å². The Morgan fingerprint density at radius 2 is 2.04 bits per heavy atom.